The van der Waals surface area contributed by atoms with Crippen molar-refractivity contribution < 1.29 is 19.1 Å². The van der Waals surface area contributed by atoms with Crippen LogP contribution in [0.2, 0.25) is 0 Å². The lowest BCUT2D eigenvalue weighted by molar-refractivity contribution is -0.121. The van der Waals surface area contributed by atoms with Crippen molar-refractivity contribution in [3.63, 3.8) is 0 Å². The van der Waals surface area contributed by atoms with E-state index in [1.54, 1.807) is 37.4 Å². The Hall–Kier alpha value is -3.02. The van der Waals surface area contributed by atoms with Crippen LogP contribution in [0, 0.1) is 0 Å². The molecule has 1 aliphatic heterocycles. The van der Waals surface area contributed by atoms with Crippen molar-refractivity contribution >= 4 is 23.2 Å². The Labute approximate surface area is 152 Å². The van der Waals surface area contributed by atoms with Crippen LogP contribution < -0.4 is 19.7 Å². The van der Waals surface area contributed by atoms with Gasteiger partial charge in [-0.05, 0) is 42.8 Å². The van der Waals surface area contributed by atoms with E-state index in [4.69, 9.17) is 9.47 Å². The van der Waals surface area contributed by atoms with Gasteiger partial charge in [0, 0.05) is 5.69 Å². The zero-order valence-electron chi connectivity index (χ0n) is 14.9. The van der Waals surface area contributed by atoms with Crippen LogP contribution in [0.3, 0.4) is 0 Å². The molecule has 0 aliphatic carbocycles. The molecule has 3 rings (SSSR count). The van der Waals surface area contributed by atoms with Gasteiger partial charge >= 0.3 is 0 Å². The number of anilines is 2. The van der Waals surface area contributed by atoms with Crippen molar-refractivity contribution in [2.24, 2.45) is 0 Å². The predicted octanol–water partition coefficient (Wildman–Crippen LogP) is 3.23. The SMILES string of the molecule is CCCOc1ccccc1N1C(=O)C[C@H](Nc2ccc(OC)cc2)C1=O. The minimum atomic E-state index is -0.602. The molecule has 1 atom stereocenters. The van der Waals surface area contributed by atoms with Crippen LogP contribution in [-0.4, -0.2) is 31.6 Å². The van der Waals surface area contributed by atoms with Crippen LogP contribution >= 0.6 is 0 Å². The molecule has 6 nitrogen and oxygen atoms in total. The van der Waals surface area contributed by atoms with Gasteiger partial charge in [-0.1, -0.05) is 19.1 Å². The predicted molar refractivity (Wildman–Crippen MR) is 99.7 cm³/mol. The van der Waals surface area contributed by atoms with E-state index in [0.717, 1.165) is 17.9 Å². The van der Waals surface area contributed by atoms with E-state index in [1.807, 2.05) is 25.1 Å². The minimum Gasteiger partial charge on any atom is -0.497 e. The molecule has 2 aromatic rings. The van der Waals surface area contributed by atoms with E-state index in [2.05, 4.69) is 5.32 Å². The van der Waals surface area contributed by atoms with Crippen molar-refractivity contribution in [2.75, 3.05) is 23.9 Å². The smallest absolute Gasteiger partial charge is 0.256 e. The molecule has 6 heteroatoms. The van der Waals surface area contributed by atoms with Crippen LogP contribution in [-0.2, 0) is 9.59 Å². The summed E-state index contributed by atoms with van der Waals surface area (Å²) in [5, 5.41) is 3.13. The summed E-state index contributed by atoms with van der Waals surface area (Å²) in [6.07, 6.45) is 0.949. The zero-order valence-corrected chi connectivity index (χ0v) is 14.9. The molecular weight excluding hydrogens is 332 g/mol. The molecule has 0 bridgehead atoms. The molecule has 0 spiro atoms. The second-order valence-corrected chi connectivity index (χ2v) is 6.01. The average molecular weight is 354 g/mol. The lowest BCUT2D eigenvalue weighted by Gasteiger charge is -2.19. The highest BCUT2D eigenvalue weighted by molar-refractivity contribution is 6.23. The number of hydrogen-bond acceptors (Lipinski definition) is 5. The van der Waals surface area contributed by atoms with E-state index < -0.39 is 6.04 Å². The topological polar surface area (TPSA) is 67.9 Å². The molecule has 136 valence electrons. The van der Waals surface area contributed by atoms with Crippen molar-refractivity contribution in [1.82, 2.24) is 0 Å². The fourth-order valence-electron chi connectivity index (χ4n) is 2.86. The summed E-state index contributed by atoms with van der Waals surface area (Å²) in [4.78, 5) is 26.5. The summed E-state index contributed by atoms with van der Waals surface area (Å²) in [6.45, 7) is 2.53. The van der Waals surface area contributed by atoms with Gasteiger partial charge < -0.3 is 14.8 Å². The second-order valence-electron chi connectivity index (χ2n) is 6.01. The van der Waals surface area contributed by atoms with Crippen molar-refractivity contribution in [3.05, 3.63) is 48.5 Å². The highest BCUT2D eigenvalue weighted by atomic mass is 16.5. The van der Waals surface area contributed by atoms with E-state index in [1.165, 1.54) is 4.90 Å². The number of nitrogens with one attached hydrogen (secondary N) is 1. The number of ether oxygens (including phenoxy) is 2. The number of imide groups is 1. The Bertz CT molecular complexity index is 789. The number of amides is 2. The van der Waals surface area contributed by atoms with Gasteiger partial charge in [0.15, 0.2) is 0 Å². The molecule has 1 heterocycles. The summed E-state index contributed by atoms with van der Waals surface area (Å²) in [6, 6.07) is 13.8. The Morgan fingerprint density at radius 1 is 1.12 bits per heavy atom. The Morgan fingerprint density at radius 3 is 2.54 bits per heavy atom. The van der Waals surface area contributed by atoms with Crippen LogP contribution in [0.1, 0.15) is 19.8 Å². The number of carbonyl (C=O) groups excluding carboxylic acids is 2. The summed E-state index contributed by atoms with van der Waals surface area (Å²) in [5.74, 6) is 0.751. The first kappa shape index (κ1) is 17.8. The lowest BCUT2D eigenvalue weighted by Crippen LogP contribution is -2.35. The highest BCUT2D eigenvalue weighted by Crippen LogP contribution is 2.33. The molecular formula is C20H22N2O4. The third-order valence-electron chi connectivity index (χ3n) is 4.15. The third-order valence-corrected chi connectivity index (χ3v) is 4.15. The lowest BCUT2D eigenvalue weighted by atomic mass is 10.2. The summed E-state index contributed by atoms with van der Waals surface area (Å²) in [5.41, 5.74) is 1.25. The van der Waals surface area contributed by atoms with E-state index >= 15 is 0 Å². The fourth-order valence-corrected chi connectivity index (χ4v) is 2.86. The molecule has 0 aromatic heterocycles. The summed E-state index contributed by atoms with van der Waals surface area (Å²) >= 11 is 0. The quantitative estimate of drug-likeness (QED) is 0.773. The van der Waals surface area contributed by atoms with E-state index in [9.17, 15) is 9.59 Å². The normalized spacial score (nSPS) is 16.7. The Balaban J connectivity index is 1.78. The van der Waals surface area contributed by atoms with Crippen LogP contribution in [0.25, 0.3) is 0 Å². The van der Waals surface area contributed by atoms with Gasteiger partial charge in [0.2, 0.25) is 5.91 Å². The van der Waals surface area contributed by atoms with Crippen LogP contribution in [0.4, 0.5) is 11.4 Å². The molecule has 2 aromatic carbocycles. The molecule has 0 unspecified atom stereocenters. The van der Waals surface area contributed by atoms with Gasteiger partial charge in [0.25, 0.3) is 5.91 Å². The third kappa shape index (κ3) is 3.64. The maximum absolute atomic E-state index is 12.8. The van der Waals surface area contributed by atoms with Gasteiger partial charge in [-0.15, -0.1) is 0 Å². The first-order valence-electron chi connectivity index (χ1n) is 8.63. The number of methoxy groups -OCH3 is 1. The molecule has 1 fully saturated rings. The summed E-state index contributed by atoms with van der Waals surface area (Å²) in [7, 11) is 1.59. The molecule has 1 N–H and O–H groups in total. The second kappa shape index (κ2) is 7.91. The minimum absolute atomic E-state index is 0.104. The monoisotopic (exact) mass is 354 g/mol. The Morgan fingerprint density at radius 2 is 1.85 bits per heavy atom. The molecule has 26 heavy (non-hydrogen) atoms. The first-order chi connectivity index (χ1) is 12.6. The van der Waals surface area contributed by atoms with Gasteiger partial charge in [0.1, 0.15) is 17.5 Å². The standard InChI is InChI=1S/C20H22N2O4/c1-3-12-26-18-7-5-4-6-17(18)22-19(23)13-16(20(22)24)21-14-8-10-15(25-2)11-9-14/h4-11,16,21H,3,12-13H2,1-2H3/t16-/m0/s1. The van der Waals surface area contributed by atoms with Crippen molar-refractivity contribution in [1.29, 1.82) is 0 Å². The van der Waals surface area contributed by atoms with Crippen LogP contribution in [0.15, 0.2) is 48.5 Å². The number of para-hydroxylation sites is 2. The molecule has 0 saturated carbocycles. The highest BCUT2D eigenvalue weighted by Gasteiger charge is 2.40. The zero-order chi connectivity index (χ0) is 18.5. The number of hydrogen-bond donors (Lipinski definition) is 1. The van der Waals surface area contributed by atoms with Crippen molar-refractivity contribution in [2.45, 2.75) is 25.8 Å². The van der Waals surface area contributed by atoms with E-state index in [0.29, 0.717) is 18.0 Å². The number of rotatable bonds is 7. The average Bonchev–Trinajstić information content (AvgIpc) is 2.94. The van der Waals surface area contributed by atoms with Gasteiger partial charge in [0.05, 0.1) is 25.8 Å². The molecule has 1 aliphatic rings. The van der Waals surface area contributed by atoms with Gasteiger partial charge in [-0.2, -0.15) is 0 Å². The van der Waals surface area contributed by atoms with Gasteiger partial charge in [-0.3, -0.25) is 9.59 Å². The number of carbonyl (C=O) groups is 2. The molecule has 1 saturated heterocycles. The largest absolute Gasteiger partial charge is 0.497 e. The number of nitrogens with zero attached hydrogens (tertiary/aromatic N) is 1. The fraction of sp³-hybridized carbons (Fsp3) is 0.300. The van der Waals surface area contributed by atoms with Gasteiger partial charge in [-0.25, -0.2) is 4.90 Å². The van der Waals surface area contributed by atoms with E-state index in [-0.39, 0.29) is 18.2 Å². The Kier molecular flexibility index (Phi) is 5.41. The number of benzene rings is 2. The van der Waals surface area contributed by atoms with Crippen LogP contribution in [0.5, 0.6) is 11.5 Å². The maximum atomic E-state index is 12.8. The summed E-state index contributed by atoms with van der Waals surface area (Å²) < 4.78 is 10.8. The molecule has 0 radical (unpaired) electrons. The van der Waals surface area contributed by atoms with Crippen molar-refractivity contribution in [3.8, 4) is 11.5 Å². The molecule has 2 amide bonds. The first-order valence-corrected chi connectivity index (χ1v) is 8.63. The maximum Gasteiger partial charge on any atom is 0.256 e.